The van der Waals surface area contributed by atoms with Crippen molar-refractivity contribution in [3.8, 4) is 11.5 Å². The number of imidazole rings is 1. The SMILES string of the molecule is [2H]C([2H])([2H])c1ccnc(-n2c3ccccc3c3ccc(N(c4cccc(-n5[cH+]n(C([2H])([2H])[2H])c6ccccc65)c4)c4c(C)cccc4C)cc32)c1. The van der Waals surface area contributed by atoms with Gasteiger partial charge < -0.3 is 4.90 Å². The summed E-state index contributed by atoms with van der Waals surface area (Å²) < 4.78 is 54.0. The van der Waals surface area contributed by atoms with E-state index in [0.29, 0.717) is 11.3 Å². The van der Waals surface area contributed by atoms with Crippen molar-refractivity contribution in [2.45, 2.75) is 20.7 Å². The average Bonchev–Trinajstić information content (AvgIpc) is 3.66. The number of hydrogen-bond acceptors (Lipinski definition) is 2. The Morgan fingerprint density at radius 1 is 0.667 bits per heavy atom. The molecule has 8 rings (SSSR count). The lowest BCUT2D eigenvalue weighted by atomic mass is 10.0. The van der Waals surface area contributed by atoms with E-state index in [1.54, 1.807) is 24.7 Å². The van der Waals surface area contributed by atoms with Crippen LogP contribution in [0, 0.1) is 20.7 Å². The van der Waals surface area contributed by atoms with Gasteiger partial charge in [0.15, 0.2) is 17.4 Å². The third-order valence-electron chi connectivity index (χ3n) is 8.55. The predicted octanol–water partition coefficient (Wildman–Crippen LogP) is 10.1. The van der Waals surface area contributed by atoms with E-state index in [1.807, 2.05) is 69.8 Å². The molecule has 0 amide bonds. The molecule has 0 saturated carbocycles. The van der Waals surface area contributed by atoms with Gasteiger partial charge in [0.2, 0.25) is 0 Å². The molecule has 0 bridgehead atoms. The predicted molar refractivity (Wildman–Crippen MR) is 188 cm³/mol. The van der Waals surface area contributed by atoms with Gasteiger partial charge in [0, 0.05) is 62.1 Å². The fourth-order valence-corrected chi connectivity index (χ4v) is 6.55. The van der Waals surface area contributed by atoms with Gasteiger partial charge in [0.05, 0.1) is 22.4 Å². The molecule has 0 unspecified atom stereocenters. The van der Waals surface area contributed by atoms with Gasteiger partial charge in [-0.1, -0.05) is 42.5 Å². The number of fused-ring (bicyclic) bond motifs is 4. The summed E-state index contributed by atoms with van der Waals surface area (Å²) in [5, 5.41) is 2.04. The van der Waals surface area contributed by atoms with Gasteiger partial charge in [-0.3, -0.25) is 4.57 Å². The van der Waals surface area contributed by atoms with Crippen LogP contribution >= 0.6 is 0 Å². The van der Waals surface area contributed by atoms with Crippen LogP contribution in [0.5, 0.6) is 0 Å². The van der Waals surface area contributed by atoms with E-state index in [-0.39, 0.29) is 5.56 Å². The molecular formula is C40H34N5+. The van der Waals surface area contributed by atoms with Crippen LogP contribution in [-0.4, -0.2) is 18.7 Å². The standard InChI is InChI=1S/C40H34N5/c1-27-21-22-41-39(23-27)45-35-16-6-5-15-33(35)34-20-19-32(25-38(34)45)44(40-28(2)11-9-12-29(40)3)31-14-10-13-30(24-31)43-26-42(4)36-17-7-8-18-37(36)43/h5-26H,1-4H3/q+1/i1D3,4D3. The normalized spacial score (nSPS) is 14.1. The molecule has 45 heavy (non-hydrogen) atoms. The fourth-order valence-electron chi connectivity index (χ4n) is 6.55. The van der Waals surface area contributed by atoms with E-state index in [2.05, 4.69) is 72.3 Å². The smallest absolute Gasteiger partial charge is 0.191 e. The van der Waals surface area contributed by atoms with Gasteiger partial charge in [0.25, 0.3) is 0 Å². The molecule has 0 N–H and O–H groups in total. The molecule has 3 aromatic heterocycles. The van der Waals surface area contributed by atoms with Crippen molar-refractivity contribution in [2.24, 2.45) is 6.98 Å². The van der Waals surface area contributed by atoms with Crippen molar-refractivity contribution >= 4 is 49.9 Å². The van der Waals surface area contributed by atoms with E-state index in [0.717, 1.165) is 61.2 Å². The molecule has 0 saturated heterocycles. The Morgan fingerprint density at radius 3 is 2.22 bits per heavy atom. The first-order chi connectivity index (χ1) is 24.4. The largest absolute Gasteiger partial charge is 0.309 e. The number of hydrogen-bond donors (Lipinski definition) is 0. The molecule has 0 aliphatic rings. The first-order valence-electron chi connectivity index (χ1n) is 17.9. The molecule has 5 heteroatoms. The van der Waals surface area contributed by atoms with Gasteiger partial charge in [-0.15, -0.1) is 0 Å². The van der Waals surface area contributed by atoms with Crippen LogP contribution in [-0.2, 0) is 6.98 Å². The van der Waals surface area contributed by atoms with Crippen molar-refractivity contribution in [1.82, 2.24) is 18.7 Å². The van der Waals surface area contributed by atoms with Crippen LogP contribution in [0.3, 0.4) is 0 Å². The number of pyridine rings is 1. The molecule has 0 aliphatic heterocycles. The van der Waals surface area contributed by atoms with Crippen LogP contribution in [0.15, 0.2) is 134 Å². The summed E-state index contributed by atoms with van der Waals surface area (Å²) >= 11 is 0. The molecule has 218 valence electrons. The van der Waals surface area contributed by atoms with Crippen molar-refractivity contribution in [3.63, 3.8) is 0 Å². The zero-order valence-electron chi connectivity index (χ0n) is 30.9. The number of rotatable bonds is 5. The molecular weight excluding hydrogens is 550 g/mol. The lowest BCUT2D eigenvalue weighted by Crippen LogP contribution is -2.13. The molecule has 5 nitrogen and oxygen atoms in total. The van der Waals surface area contributed by atoms with E-state index < -0.39 is 13.8 Å². The Bertz CT molecular complexity index is 2590. The summed E-state index contributed by atoms with van der Waals surface area (Å²) in [4.78, 5) is 6.89. The summed E-state index contributed by atoms with van der Waals surface area (Å²) in [6, 6.07) is 39.4. The van der Waals surface area contributed by atoms with Crippen LogP contribution in [0.25, 0.3) is 44.3 Å². The Hall–Kier alpha value is -5.68. The quantitative estimate of drug-likeness (QED) is 0.187. The van der Waals surface area contributed by atoms with Crippen LogP contribution in [0.1, 0.15) is 24.9 Å². The van der Waals surface area contributed by atoms with Crippen LogP contribution < -0.4 is 4.90 Å². The number of nitrogens with zero attached hydrogens (tertiary/aromatic N) is 5. The van der Waals surface area contributed by atoms with Crippen molar-refractivity contribution in [3.05, 3.63) is 151 Å². The highest BCUT2D eigenvalue weighted by atomic mass is 15.2. The van der Waals surface area contributed by atoms with Gasteiger partial charge >= 0.3 is 0 Å². The summed E-state index contributed by atoms with van der Waals surface area (Å²) in [5.74, 6) is 0.523. The minimum Gasteiger partial charge on any atom is -0.309 e. The molecule has 0 fully saturated rings. The van der Waals surface area contributed by atoms with Crippen molar-refractivity contribution in [1.29, 1.82) is 0 Å². The van der Waals surface area contributed by atoms with Crippen LogP contribution in [0.2, 0.25) is 0 Å². The summed E-state index contributed by atoms with van der Waals surface area (Å²) in [6.45, 7) is -0.437. The summed E-state index contributed by atoms with van der Waals surface area (Å²) in [5.41, 5.74) is 9.19. The molecule has 5 aromatic carbocycles. The van der Waals surface area contributed by atoms with Crippen LogP contribution in [0.4, 0.5) is 17.1 Å². The lowest BCUT2D eigenvalue weighted by Gasteiger charge is -2.29. The highest BCUT2D eigenvalue weighted by Gasteiger charge is 2.22. The van der Waals surface area contributed by atoms with Gasteiger partial charge in [-0.2, -0.15) is 4.57 Å². The fraction of sp³-hybridized carbons (Fsp3) is 0.100. The van der Waals surface area contributed by atoms with E-state index in [4.69, 9.17) is 8.22 Å². The average molecular weight is 591 g/mol. The first-order valence-corrected chi connectivity index (χ1v) is 14.9. The molecule has 0 atom stereocenters. The minimum atomic E-state index is -2.35. The number of aromatic nitrogens is 4. The maximum absolute atomic E-state index is 8.18. The number of para-hydroxylation sites is 4. The number of anilines is 3. The Balaban J connectivity index is 1.37. The molecule has 0 spiro atoms. The Kier molecular flexibility index (Phi) is 4.92. The second-order valence-corrected chi connectivity index (χ2v) is 11.4. The minimum absolute atomic E-state index is 0.223. The lowest BCUT2D eigenvalue weighted by molar-refractivity contribution is 0.911. The second kappa shape index (κ2) is 10.5. The Labute approximate surface area is 271 Å². The molecule has 3 heterocycles. The van der Waals surface area contributed by atoms with Gasteiger partial charge in [-0.05, 0) is 92.0 Å². The zero-order chi connectivity index (χ0) is 35.7. The van der Waals surface area contributed by atoms with Crippen molar-refractivity contribution < 1.29 is 8.22 Å². The summed E-state index contributed by atoms with van der Waals surface area (Å²) in [6.07, 6.45) is 3.20. The van der Waals surface area contributed by atoms with Gasteiger partial charge in [0.1, 0.15) is 11.5 Å². The Morgan fingerprint density at radius 2 is 1.40 bits per heavy atom. The summed E-state index contributed by atoms with van der Waals surface area (Å²) in [7, 11) is 0. The molecule has 0 radical (unpaired) electrons. The van der Waals surface area contributed by atoms with Crippen molar-refractivity contribution in [2.75, 3.05) is 4.90 Å². The monoisotopic (exact) mass is 590 g/mol. The maximum Gasteiger partial charge on any atom is 0.191 e. The highest BCUT2D eigenvalue weighted by molar-refractivity contribution is 6.10. The second-order valence-electron chi connectivity index (χ2n) is 11.4. The zero-order valence-corrected chi connectivity index (χ0v) is 24.9. The van der Waals surface area contributed by atoms with E-state index in [1.165, 1.54) is 4.57 Å². The third kappa shape index (κ3) is 4.39. The van der Waals surface area contributed by atoms with E-state index >= 15 is 0 Å². The highest BCUT2D eigenvalue weighted by Crippen LogP contribution is 2.42. The maximum atomic E-state index is 8.18. The third-order valence-corrected chi connectivity index (χ3v) is 8.55. The number of benzene rings is 5. The van der Waals surface area contributed by atoms with Gasteiger partial charge in [-0.25, -0.2) is 9.55 Å². The van der Waals surface area contributed by atoms with E-state index in [9.17, 15) is 0 Å². The number of aryl methyl sites for hydroxylation is 4. The topological polar surface area (TPSA) is 30.9 Å². The molecule has 0 aliphatic carbocycles. The first kappa shape index (κ1) is 21.1. The molecule has 8 aromatic rings.